The summed E-state index contributed by atoms with van der Waals surface area (Å²) in [6.45, 7) is 6.14. The normalized spacial score (nSPS) is 12.7. The van der Waals surface area contributed by atoms with Crippen LogP contribution in [-0.4, -0.2) is 48.2 Å². The average Bonchev–Trinajstić information content (AvgIpc) is 2.42. The molecule has 0 spiro atoms. The van der Waals surface area contributed by atoms with E-state index in [9.17, 15) is 4.79 Å². The smallest absolute Gasteiger partial charge is 0.305 e. The van der Waals surface area contributed by atoms with Crippen molar-refractivity contribution in [3.05, 3.63) is 0 Å². The maximum atomic E-state index is 11.5. The number of thioether (sulfide) groups is 2. The van der Waals surface area contributed by atoms with Gasteiger partial charge >= 0.3 is 5.97 Å². The second-order valence-electron chi connectivity index (χ2n) is 5.09. The molecule has 0 aromatic rings. The van der Waals surface area contributed by atoms with Crippen molar-refractivity contribution in [3.8, 4) is 0 Å². The summed E-state index contributed by atoms with van der Waals surface area (Å²) >= 11 is 3.72. The van der Waals surface area contributed by atoms with E-state index in [1.54, 1.807) is 0 Å². The SMILES string of the molecule is CC(C)CCC(=O)OCCC(CSCCN)SCCN. The number of hydrogen-bond donors (Lipinski definition) is 2. The number of ether oxygens (including phenoxy) is 1. The fourth-order valence-electron chi connectivity index (χ4n) is 1.53. The van der Waals surface area contributed by atoms with Crippen LogP contribution in [0.4, 0.5) is 0 Å². The van der Waals surface area contributed by atoms with Gasteiger partial charge in [-0.05, 0) is 18.8 Å². The fourth-order valence-corrected chi connectivity index (χ4v) is 3.70. The van der Waals surface area contributed by atoms with Gasteiger partial charge < -0.3 is 16.2 Å². The fraction of sp³-hybridized carbons (Fsp3) is 0.929. The Morgan fingerprint density at radius 1 is 1.15 bits per heavy atom. The lowest BCUT2D eigenvalue weighted by Crippen LogP contribution is -2.17. The lowest BCUT2D eigenvalue weighted by atomic mass is 10.1. The van der Waals surface area contributed by atoms with Gasteiger partial charge in [0.2, 0.25) is 0 Å². The highest BCUT2D eigenvalue weighted by atomic mass is 32.2. The van der Waals surface area contributed by atoms with Gasteiger partial charge in [-0.3, -0.25) is 4.79 Å². The maximum absolute atomic E-state index is 11.5. The van der Waals surface area contributed by atoms with Crippen molar-refractivity contribution in [3.63, 3.8) is 0 Å². The molecule has 0 aliphatic carbocycles. The number of rotatable bonds is 13. The van der Waals surface area contributed by atoms with Crippen LogP contribution in [0.5, 0.6) is 0 Å². The quantitative estimate of drug-likeness (QED) is 0.399. The standard InChI is InChI=1S/C14H30N2O2S2/c1-12(2)3-4-14(17)18-8-5-13(20-10-7-16)11-19-9-6-15/h12-13H,3-11,15-16H2,1-2H3. The van der Waals surface area contributed by atoms with Crippen molar-refractivity contribution in [1.29, 1.82) is 0 Å². The molecule has 0 amide bonds. The summed E-state index contributed by atoms with van der Waals surface area (Å²) in [6.07, 6.45) is 2.33. The summed E-state index contributed by atoms with van der Waals surface area (Å²) in [7, 11) is 0. The highest BCUT2D eigenvalue weighted by Crippen LogP contribution is 2.19. The molecule has 120 valence electrons. The van der Waals surface area contributed by atoms with Gasteiger partial charge in [-0.2, -0.15) is 23.5 Å². The van der Waals surface area contributed by atoms with Crippen LogP contribution in [0.15, 0.2) is 0 Å². The van der Waals surface area contributed by atoms with Crippen LogP contribution in [0.3, 0.4) is 0 Å². The van der Waals surface area contributed by atoms with Crippen LogP contribution >= 0.6 is 23.5 Å². The van der Waals surface area contributed by atoms with E-state index in [2.05, 4.69) is 13.8 Å². The predicted molar refractivity (Wildman–Crippen MR) is 91.3 cm³/mol. The monoisotopic (exact) mass is 322 g/mol. The molecule has 1 atom stereocenters. The van der Waals surface area contributed by atoms with Crippen LogP contribution in [0.2, 0.25) is 0 Å². The summed E-state index contributed by atoms with van der Waals surface area (Å²) in [4.78, 5) is 11.5. The minimum Gasteiger partial charge on any atom is -0.466 e. The molecule has 0 radical (unpaired) electrons. The Labute approximate surface area is 132 Å². The van der Waals surface area contributed by atoms with Gasteiger partial charge in [0.1, 0.15) is 0 Å². The molecule has 0 aromatic carbocycles. The highest BCUT2D eigenvalue weighted by molar-refractivity contribution is 8.03. The number of esters is 1. The molecule has 0 saturated heterocycles. The van der Waals surface area contributed by atoms with Crippen LogP contribution in [0, 0.1) is 5.92 Å². The van der Waals surface area contributed by atoms with Gasteiger partial charge in [0.15, 0.2) is 0 Å². The van der Waals surface area contributed by atoms with E-state index in [1.807, 2.05) is 23.5 Å². The Hall–Kier alpha value is 0.0900. The molecule has 4 nitrogen and oxygen atoms in total. The Morgan fingerprint density at radius 2 is 1.85 bits per heavy atom. The molecule has 20 heavy (non-hydrogen) atoms. The first-order valence-electron chi connectivity index (χ1n) is 7.35. The zero-order valence-corrected chi connectivity index (χ0v) is 14.4. The number of carbonyl (C=O) groups excluding carboxylic acids is 1. The molecule has 0 aliphatic rings. The van der Waals surface area contributed by atoms with E-state index in [-0.39, 0.29) is 5.97 Å². The van der Waals surface area contributed by atoms with Gasteiger partial charge in [0.25, 0.3) is 0 Å². The third-order valence-corrected chi connectivity index (χ3v) is 5.38. The minimum absolute atomic E-state index is 0.0733. The van der Waals surface area contributed by atoms with E-state index in [4.69, 9.17) is 16.2 Å². The van der Waals surface area contributed by atoms with Gasteiger partial charge in [-0.1, -0.05) is 13.8 Å². The largest absolute Gasteiger partial charge is 0.466 e. The summed E-state index contributed by atoms with van der Waals surface area (Å²) in [5, 5.41) is 0.494. The first kappa shape index (κ1) is 20.1. The predicted octanol–water partition coefficient (Wildman–Crippen LogP) is 2.11. The van der Waals surface area contributed by atoms with Crippen molar-refractivity contribution in [1.82, 2.24) is 0 Å². The molecular formula is C14H30N2O2S2. The first-order chi connectivity index (χ1) is 9.60. The van der Waals surface area contributed by atoms with Crippen molar-refractivity contribution in [2.24, 2.45) is 17.4 Å². The third kappa shape index (κ3) is 13.1. The molecular weight excluding hydrogens is 292 g/mol. The Morgan fingerprint density at radius 3 is 2.45 bits per heavy atom. The summed E-state index contributed by atoms with van der Waals surface area (Å²) in [5.41, 5.74) is 11.0. The third-order valence-electron chi connectivity index (χ3n) is 2.67. The molecule has 0 bridgehead atoms. The number of nitrogens with two attached hydrogens (primary N) is 2. The van der Waals surface area contributed by atoms with E-state index in [1.165, 1.54) is 0 Å². The first-order valence-corrected chi connectivity index (χ1v) is 9.55. The van der Waals surface area contributed by atoms with Crippen LogP contribution in [0.1, 0.15) is 33.1 Å². The van der Waals surface area contributed by atoms with E-state index >= 15 is 0 Å². The molecule has 0 fully saturated rings. The van der Waals surface area contributed by atoms with E-state index < -0.39 is 0 Å². The lowest BCUT2D eigenvalue weighted by Gasteiger charge is -2.16. The van der Waals surface area contributed by atoms with Crippen molar-refractivity contribution >= 4 is 29.5 Å². The lowest BCUT2D eigenvalue weighted by molar-refractivity contribution is -0.144. The van der Waals surface area contributed by atoms with E-state index in [0.717, 1.165) is 30.1 Å². The van der Waals surface area contributed by atoms with Crippen molar-refractivity contribution < 1.29 is 9.53 Å². The number of carbonyl (C=O) groups is 1. The van der Waals surface area contributed by atoms with Gasteiger partial charge in [0.05, 0.1) is 6.61 Å². The summed E-state index contributed by atoms with van der Waals surface area (Å²) in [5.74, 6) is 3.45. The summed E-state index contributed by atoms with van der Waals surface area (Å²) < 4.78 is 5.29. The second kappa shape index (κ2) is 14.0. The summed E-state index contributed by atoms with van der Waals surface area (Å²) in [6, 6.07) is 0. The van der Waals surface area contributed by atoms with Crippen LogP contribution in [-0.2, 0) is 9.53 Å². The van der Waals surface area contributed by atoms with Crippen LogP contribution < -0.4 is 11.5 Å². The Balaban J connectivity index is 3.78. The second-order valence-corrected chi connectivity index (χ2v) is 7.64. The zero-order valence-electron chi connectivity index (χ0n) is 12.8. The minimum atomic E-state index is -0.0733. The Bertz CT molecular complexity index is 241. The van der Waals surface area contributed by atoms with Gasteiger partial charge in [-0.25, -0.2) is 0 Å². The molecule has 0 saturated carbocycles. The molecule has 0 rings (SSSR count). The van der Waals surface area contributed by atoms with Crippen molar-refractivity contribution in [2.45, 2.75) is 38.4 Å². The molecule has 0 aromatic heterocycles. The highest BCUT2D eigenvalue weighted by Gasteiger charge is 2.11. The maximum Gasteiger partial charge on any atom is 0.305 e. The average molecular weight is 323 g/mol. The van der Waals surface area contributed by atoms with Crippen LogP contribution in [0.25, 0.3) is 0 Å². The molecule has 4 N–H and O–H groups in total. The zero-order chi connectivity index (χ0) is 15.2. The molecule has 1 unspecified atom stereocenters. The van der Waals surface area contributed by atoms with Gasteiger partial charge in [0, 0.05) is 42.0 Å². The Kier molecular flexibility index (Phi) is 14.1. The molecule has 0 aliphatic heterocycles. The van der Waals surface area contributed by atoms with E-state index in [0.29, 0.717) is 37.3 Å². The topological polar surface area (TPSA) is 78.3 Å². The molecule has 6 heteroatoms. The number of hydrogen-bond acceptors (Lipinski definition) is 6. The molecule has 0 heterocycles. The van der Waals surface area contributed by atoms with Gasteiger partial charge in [-0.15, -0.1) is 0 Å². The van der Waals surface area contributed by atoms with Crippen molar-refractivity contribution in [2.75, 3.05) is 37.0 Å².